The predicted octanol–water partition coefficient (Wildman–Crippen LogP) is 3.56. The van der Waals surface area contributed by atoms with Crippen LogP contribution in [0.5, 0.6) is 0 Å². The molecule has 4 rings (SSSR count). The summed E-state index contributed by atoms with van der Waals surface area (Å²) in [5, 5.41) is 10.5. The van der Waals surface area contributed by atoms with E-state index in [1.807, 2.05) is 0 Å². The third-order valence-corrected chi connectivity index (χ3v) is 7.44. The summed E-state index contributed by atoms with van der Waals surface area (Å²) in [5.41, 5.74) is 1.11. The Labute approximate surface area is 140 Å². The fourth-order valence-corrected chi connectivity index (χ4v) is 6.04. The van der Waals surface area contributed by atoms with Crippen LogP contribution >= 0.6 is 0 Å². The summed E-state index contributed by atoms with van der Waals surface area (Å²) >= 11 is 0. The molecule has 9 atom stereocenters. The second-order valence-corrected chi connectivity index (χ2v) is 9.09. The molecular weight excluding hydrogens is 288 g/mol. The van der Waals surface area contributed by atoms with E-state index in [1.165, 1.54) is 12.0 Å². The van der Waals surface area contributed by atoms with Crippen LogP contribution in [0.25, 0.3) is 0 Å². The van der Waals surface area contributed by atoms with Crippen molar-refractivity contribution in [1.29, 1.82) is 0 Å². The van der Waals surface area contributed by atoms with Gasteiger partial charge in [-0.05, 0) is 44.4 Å². The highest BCUT2D eigenvalue weighted by molar-refractivity contribution is 5.21. The Balaban J connectivity index is 1.77. The van der Waals surface area contributed by atoms with Gasteiger partial charge in [-0.15, -0.1) is 0 Å². The summed E-state index contributed by atoms with van der Waals surface area (Å²) in [7, 11) is 0. The zero-order valence-electron chi connectivity index (χ0n) is 15.0. The maximum Gasteiger partial charge on any atom is 0.0924 e. The molecule has 4 bridgehead atoms. The van der Waals surface area contributed by atoms with Gasteiger partial charge in [0.15, 0.2) is 0 Å². The number of ether oxygens (including phenoxy) is 2. The zero-order valence-corrected chi connectivity index (χ0v) is 15.0. The first-order valence-corrected chi connectivity index (χ1v) is 9.52. The van der Waals surface area contributed by atoms with Crippen LogP contribution in [0.3, 0.4) is 0 Å². The lowest BCUT2D eigenvalue weighted by Gasteiger charge is -2.45. The first-order chi connectivity index (χ1) is 10.8. The fourth-order valence-electron chi connectivity index (χ4n) is 6.04. The molecule has 4 aliphatic rings. The Bertz CT molecular complexity index is 501. The molecule has 3 nitrogen and oxygen atoms in total. The third-order valence-electron chi connectivity index (χ3n) is 7.44. The third kappa shape index (κ3) is 2.19. The highest BCUT2D eigenvalue weighted by atomic mass is 16.6. The van der Waals surface area contributed by atoms with Crippen molar-refractivity contribution in [3.8, 4) is 0 Å². The van der Waals surface area contributed by atoms with Crippen molar-refractivity contribution in [1.82, 2.24) is 0 Å². The fraction of sp³-hybridized carbons (Fsp3) is 0.900. The minimum atomic E-state index is -0.277. The van der Waals surface area contributed by atoms with Crippen LogP contribution in [-0.4, -0.2) is 35.1 Å². The molecule has 23 heavy (non-hydrogen) atoms. The lowest BCUT2D eigenvalue weighted by Crippen LogP contribution is -2.54. The minimum absolute atomic E-state index is 0.00594. The normalized spacial score (nSPS) is 55.7. The molecule has 1 N–H and O–H groups in total. The molecule has 1 aliphatic carbocycles. The van der Waals surface area contributed by atoms with Gasteiger partial charge in [-0.1, -0.05) is 32.9 Å². The Hall–Kier alpha value is -0.380. The van der Waals surface area contributed by atoms with Gasteiger partial charge in [0.25, 0.3) is 0 Å². The van der Waals surface area contributed by atoms with Crippen molar-refractivity contribution in [3.05, 3.63) is 12.2 Å². The summed E-state index contributed by atoms with van der Waals surface area (Å²) in [6.07, 6.45) is 4.07. The van der Waals surface area contributed by atoms with Crippen LogP contribution in [0.2, 0.25) is 0 Å². The molecule has 130 valence electrons. The molecular formula is C20H32O3. The van der Waals surface area contributed by atoms with Crippen molar-refractivity contribution in [2.24, 2.45) is 29.6 Å². The highest BCUT2D eigenvalue weighted by Gasteiger charge is 2.65. The number of hydrogen-bond donors (Lipinski definition) is 1. The van der Waals surface area contributed by atoms with E-state index in [1.54, 1.807) is 0 Å². The van der Waals surface area contributed by atoms with Crippen LogP contribution in [-0.2, 0) is 9.47 Å². The van der Waals surface area contributed by atoms with Crippen molar-refractivity contribution in [2.45, 2.75) is 83.4 Å². The highest BCUT2D eigenvalue weighted by Crippen LogP contribution is 2.59. The van der Waals surface area contributed by atoms with Gasteiger partial charge in [0.05, 0.1) is 30.0 Å². The molecule has 0 aromatic heterocycles. The first-order valence-electron chi connectivity index (χ1n) is 9.52. The van der Waals surface area contributed by atoms with Crippen molar-refractivity contribution < 1.29 is 14.6 Å². The second kappa shape index (κ2) is 5.31. The van der Waals surface area contributed by atoms with Gasteiger partial charge in [-0.3, -0.25) is 0 Å². The summed E-state index contributed by atoms with van der Waals surface area (Å²) < 4.78 is 13.3. The molecule has 4 fully saturated rings. The quantitative estimate of drug-likeness (QED) is 0.751. The molecule has 3 saturated heterocycles. The molecule has 0 aromatic carbocycles. The Morgan fingerprint density at radius 1 is 1.26 bits per heavy atom. The van der Waals surface area contributed by atoms with Gasteiger partial charge in [0.1, 0.15) is 0 Å². The maximum absolute atomic E-state index is 10.5. The standard InChI is InChI=1S/C20H32O3/c1-10(2)13-7-6-11(3)15-16(13)19-20(5)9-8-14(21)12(4)17(23-20)18(15)22-19/h10,12-19,21H,3,6-9H2,1-2,4-5H3/t12?,13-,14+,15+,16-,17-,18+,19-,20-/m1/s1. The van der Waals surface area contributed by atoms with Crippen molar-refractivity contribution in [2.75, 3.05) is 0 Å². The summed E-state index contributed by atoms with van der Waals surface area (Å²) in [5.74, 6) is 2.46. The van der Waals surface area contributed by atoms with Crippen LogP contribution in [0.4, 0.5) is 0 Å². The average Bonchev–Trinajstić information content (AvgIpc) is 2.83. The molecule has 3 aliphatic heterocycles. The lowest BCUT2D eigenvalue weighted by atomic mass is 9.61. The number of aliphatic hydroxyl groups excluding tert-OH is 1. The van der Waals surface area contributed by atoms with Crippen LogP contribution in [0.1, 0.15) is 53.4 Å². The zero-order chi connectivity index (χ0) is 16.5. The molecule has 1 saturated carbocycles. The van der Waals surface area contributed by atoms with E-state index in [2.05, 4.69) is 34.3 Å². The van der Waals surface area contributed by atoms with Crippen molar-refractivity contribution in [3.63, 3.8) is 0 Å². The Kier molecular flexibility index (Phi) is 3.72. The van der Waals surface area contributed by atoms with E-state index in [0.29, 0.717) is 23.7 Å². The first kappa shape index (κ1) is 16.1. The van der Waals surface area contributed by atoms with Crippen LogP contribution < -0.4 is 0 Å². The number of hydrogen-bond acceptors (Lipinski definition) is 3. The summed E-state index contributed by atoms with van der Waals surface area (Å²) in [4.78, 5) is 0. The minimum Gasteiger partial charge on any atom is -0.393 e. The van der Waals surface area contributed by atoms with E-state index >= 15 is 0 Å². The van der Waals surface area contributed by atoms with E-state index in [0.717, 1.165) is 19.3 Å². The SMILES string of the molecule is C=C1CC[C@H](C(C)C)[C@@H]2[C@H]1[C@@H]1O[C@H]2[C@@]2(C)CC[C@H](O)C(C)[C@H]1O2. The molecule has 0 amide bonds. The van der Waals surface area contributed by atoms with Gasteiger partial charge in [0, 0.05) is 17.8 Å². The van der Waals surface area contributed by atoms with Gasteiger partial charge in [0.2, 0.25) is 0 Å². The smallest absolute Gasteiger partial charge is 0.0924 e. The van der Waals surface area contributed by atoms with Gasteiger partial charge in [-0.2, -0.15) is 0 Å². The van der Waals surface area contributed by atoms with Gasteiger partial charge < -0.3 is 14.6 Å². The second-order valence-electron chi connectivity index (χ2n) is 9.09. The molecule has 0 radical (unpaired) electrons. The predicted molar refractivity (Wildman–Crippen MR) is 90.0 cm³/mol. The Morgan fingerprint density at radius 2 is 2.00 bits per heavy atom. The number of aliphatic hydroxyl groups is 1. The molecule has 3 heteroatoms. The summed E-state index contributed by atoms with van der Waals surface area (Å²) in [6, 6.07) is 0. The van der Waals surface area contributed by atoms with Crippen LogP contribution in [0, 0.1) is 29.6 Å². The van der Waals surface area contributed by atoms with E-state index in [9.17, 15) is 5.11 Å². The topological polar surface area (TPSA) is 38.7 Å². The Morgan fingerprint density at radius 3 is 2.70 bits per heavy atom. The largest absolute Gasteiger partial charge is 0.393 e. The molecule has 3 heterocycles. The van der Waals surface area contributed by atoms with Crippen LogP contribution in [0.15, 0.2) is 12.2 Å². The van der Waals surface area contributed by atoms with E-state index in [4.69, 9.17) is 9.47 Å². The van der Waals surface area contributed by atoms with E-state index in [-0.39, 0.29) is 35.9 Å². The number of rotatable bonds is 1. The summed E-state index contributed by atoms with van der Waals surface area (Å²) in [6.45, 7) is 13.5. The molecule has 0 spiro atoms. The lowest BCUT2D eigenvalue weighted by molar-refractivity contribution is -0.253. The maximum atomic E-state index is 10.5. The van der Waals surface area contributed by atoms with Gasteiger partial charge >= 0.3 is 0 Å². The monoisotopic (exact) mass is 320 g/mol. The molecule has 0 aromatic rings. The van der Waals surface area contributed by atoms with Gasteiger partial charge in [-0.25, -0.2) is 0 Å². The number of fused-ring (bicyclic) bond motifs is 9. The van der Waals surface area contributed by atoms with E-state index < -0.39 is 0 Å². The average molecular weight is 320 g/mol. The molecule has 1 unspecified atom stereocenters. The van der Waals surface area contributed by atoms with Crippen molar-refractivity contribution >= 4 is 0 Å².